The minimum absolute atomic E-state index is 0.106. The molecule has 0 aromatic rings. The van der Waals surface area contributed by atoms with Gasteiger partial charge in [-0.3, -0.25) is 0 Å². The molecule has 0 unspecified atom stereocenters. The summed E-state index contributed by atoms with van der Waals surface area (Å²) in [5, 5.41) is 0. The van der Waals surface area contributed by atoms with Crippen LogP contribution in [0.3, 0.4) is 0 Å². The van der Waals surface area contributed by atoms with Gasteiger partial charge in [0.25, 0.3) is 0 Å². The zero-order chi connectivity index (χ0) is 31.1. The van der Waals surface area contributed by atoms with Gasteiger partial charge in [-0.2, -0.15) is 0 Å². The van der Waals surface area contributed by atoms with Crippen LogP contribution in [0.2, 0.25) is 0 Å². The van der Waals surface area contributed by atoms with Crippen LogP contribution in [0.4, 0.5) is 0 Å². The maximum absolute atomic E-state index is 4.81. The van der Waals surface area contributed by atoms with Gasteiger partial charge in [0.2, 0.25) is 0 Å². The molecule has 0 nitrogen and oxygen atoms in total. The van der Waals surface area contributed by atoms with E-state index in [-0.39, 0.29) is 31.8 Å². The summed E-state index contributed by atoms with van der Waals surface area (Å²) in [5.41, 5.74) is 4.46. The average molecular weight is 766 g/mol. The molecule has 0 amide bonds. The van der Waals surface area contributed by atoms with Crippen LogP contribution in [-0.2, 0) is 15.9 Å². The van der Waals surface area contributed by atoms with Gasteiger partial charge >= 0.3 is 35.0 Å². The molecule has 0 heterocycles. The second kappa shape index (κ2) is 26.5. The van der Waals surface area contributed by atoms with Crippen LogP contribution in [0.5, 0.6) is 0 Å². The molecule has 4 aliphatic rings. The summed E-state index contributed by atoms with van der Waals surface area (Å²) in [6, 6.07) is 0. The van der Waals surface area contributed by atoms with E-state index in [1.165, 1.54) is 102 Å². The first-order valence-corrected chi connectivity index (χ1v) is 25.9. The molecule has 5 heteroatoms. The molecule has 4 saturated carbocycles. The van der Waals surface area contributed by atoms with E-state index in [2.05, 4.69) is 52.0 Å². The zero-order valence-electron chi connectivity index (χ0n) is 28.7. The molecule has 43 heavy (non-hydrogen) atoms. The third-order valence-corrected chi connectivity index (χ3v) is 17.4. The summed E-state index contributed by atoms with van der Waals surface area (Å²) in [4.78, 5) is 0. The number of rotatable bonds is 12. The summed E-state index contributed by atoms with van der Waals surface area (Å²) in [5.74, 6) is 1.64. The van der Waals surface area contributed by atoms with Crippen molar-refractivity contribution in [3.05, 3.63) is 24.3 Å². The first-order valence-electron chi connectivity index (χ1n) is 18.6. The van der Waals surface area contributed by atoms with Crippen molar-refractivity contribution in [3.8, 4) is 0 Å². The van der Waals surface area contributed by atoms with Gasteiger partial charge in [0.05, 0.1) is 0 Å². The molecular formula is C38H70Cl2P2Pd. The van der Waals surface area contributed by atoms with E-state index >= 15 is 0 Å². The summed E-state index contributed by atoms with van der Waals surface area (Å²) in [6.07, 6.45) is 46.2. The number of hydrogen-bond donors (Lipinski definition) is 0. The van der Waals surface area contributed by atoms with Gasteiger partial charge in [-0.15, -0.1) is 0 Å². The molecule has 0 saturated heterocycles. The Morgan fingerprint density at radius 1 is 0.465 bits per heavy atom. The Morgan fingerprint density at radius 3 is 0.907 bits per heavy atom. The van der Waals surface area contributed by atoms with E-state index in [0.717, 1.165) is 34.5 Å². The molecule has 0 aromatic carbocycles. The van der Waals surface area contributed by atoms with Crippen LogP contribution in [0.25, 0.3) is 0 Å². The Balaban J connectivity index is 0.000000275. The van der Waals surface area contributed by atoms with Crippen LogP contribution < -0.4 is 0 Å². The summed E-state index contributed by atoms with van der Waals surface area (Å²) in [7, 11) is 10.2. The Bertz CT molecular complexity index is 594. The van der Waals surface area contributed by atoms with Crippen LogP contribution in [0.15, 0.2) is 24.3 Å². The van der Waals surface area contributed by atoms with Crippen LogP contribution in [0.1, 0.15) is 169 Å². The summed E-state index contributed by atoms with van der Waals surface area (Å²) in [6.45, 7) is 9.32. The SMILES string of the molecule is CC(C)CC=CCP(C1CCCCC1)C1CCCCC1.CC(C)CC=CCP(C1CCCCC1)C1CCCCC1.[Cl][Pd][Cl]. The predicted octanol–water partition coefficient (Wildman–Crippen LogP) is 14.8. The monoisotopic (exact) mass is 764 g/mol. The van der Waals surface area contributed by atoms with E-state index in [4.69, 9.17) is 19.1 Å². The van der Waals surface area contributed by atoms with Crippen molar-refractivity contribution in [3.63, 3.8) is 0 Å². The van der Waals surface area contributed by atoms with E-state index in [1.54, 1.807) is 51.4 Å². The molecule has 0 spiro atoms. The average Bonchev–Trinajstić information content (AvgIpc) is 3.03. The fourth-order valence-electron chi connectivity index (χ4n) is 7.97. The van der Waals surface area contributed by atoms with Gasteiger partial charge in [0, 0.05) is 0 Å². The topological polar surface area (TPSA) is 0 Å². The summed E-state index contributed by atoms with van der Waals surface area (Å²) >= 11 is -0.106. The first kappa shape index (κ1) is 40.8. The van der Waals surface area contributed by atoms with Gasteiger partial charge in [-0.1, -0.05) is 145 Å². The van der Waals surface area contributed by atoms with Gasteiger partial charge in [-0.25, -0.2) is 0 Å². The molecule has 256 valence electrons. The molecular weight excluding hydrogens is 696 g/mol. The quantitative estimate of drug-likeness (QED) is 0.105. The Morgan fingerprint density at radius 2 is 0.698 bits per heavy atom. The van der Waals surface area contributed by atoms with Crippen LogP contribution in [-0.4, -0.2) is 35.0 Å². The van der Waals surface area contributed by atoms with Crippen molar-refractivity contribution in [1.29, 1.82) is 0 Å². The van der Waals surface area contributed by atoms with E-state index in [1.807, 2.05) is 0 Å². The molecule has 4 fully saturated rings. The van der Waals surface area contributed by atoms with Crippen molar-refractivity contribution < 1.29 is 15.9 Å². The van der Waals surface area contributed by atoms with Crippen molar-refractivity contribution in [1.82, 2.24) is 0 Å². The normalized spacial score (nSPS) is 22.1. The standard InChI is InChI=1S/2C19H35P.2ClH.Pd/c2*1-17(2)11-9-10-16-20(18-12-5-3-6-13-18)19-14-7-4-8-15-19;;;/h2*9-10,17-19H,3-8,11-16H2,1-2H3;2*1H;/q;;;;+2/p-2. The van der Waals surface area contributed by atoms with Crippen molar-refractivity contribution in [2.24, 2.45) is 11.8 Å². The Labute approximate surface area is 289 Å². The second-order valence-electron chi connectivity index (χ2n) is 14.8. The first-order chi connectivity index (χ1) is 21.0. The molecule has 0 aliphatic heterocycles. The van der Waals surface area contributed by atoms with Gasteiger partial charge in [-0.05, 0) is 111 Å². The van der Waals surface area contributed by atoms with Gasteiger partial charge in [0.15, 0.2) is 0 Å². The number of halogens is 2. The molecule has 4 aliphatic carbocycles. The van der Waals surface area contributed by atoms with E-state index in [0.29, 0.717) is 0 Å². The summed E-state index contributed by atoms with van der Waals surface area (Å²) < 4.78 is 0. The van der Waals surface area contributed by atoms with Crippen LogP contribution in [0, 0.1) is 11.8 Å². The van der Waals surface area contributed by atoms with Crippen molar-refractivity contribution in [2.45, 2.75) is 192 Å². The third kappa shape index (κ3) is 18.6. The molecule has 0 radical (unpaired) electrons. The van der Waals surface area contributed by atoms with Gasteiger partial charge < -0.3 is 0 Å². The number of allylic oxidation sites excluding steroid dienone is 4. The third-order valence-electron chi connectivity index (χ3n) is 10.4. The molecule has 0 aromatic heterocycles. The van der Waals surface area contributed by atoms with Crippen molar-refractivity contribution in [2.75, 3.05) is 12.3 Å². The Hall–Kier alpha value is 1.58. The molecule has 0 atom stereocenters. The van der Waals surface area contributed by atoms with E-state index < -0.39 is 0 Å². The fourth-order valence-corrected chi connectivity index (χ4v) is 15.3. The predicted molar refractivity (Wildman–Crippen MR) is 200 cm³/mol. The molecule has 0 bridgehead atoms. The number of hydrogen-bond acceptors (Lipinski definition) is 0. The fraction of sp³-hybridized carbons (Fsp3) is 0.895. The van der Waals surface area contributed by atoms with Gasteiger partial charge in [0.1, 0.15) is 0 Å². The van der Waals surface area contributed by atoms with Crippen LogP contribution >= 0.6 is 34.9 Å². The van der Waals surface area contributed by atoms with E-state index in [9.17, 15) is 0 Å². The minimum atomic E-state index is -0.106. The molecule has 4 rings (SSSR count). The van der Waals surface area contributed by atoms with Crippen molar-refractivity contribution >= 4 is 34.9 Å². The second-order valence-corrected chi connectivity index (χ2v) is 22.9. The Kier molecular flexibility index (Phi) is 25.1. The maximum atomic E-state index is 4.81. The zero-order valence-corrected chi connectivity index (χ0v) is 33.6. The molecule has 0 N–H and O–H groups in total.